The predicted octanol–water partition coefficient (Wildman–Crippen LogP) is 3.17. The van der Waals surface area contributed by atoms with E-state index >= 15 is 0 Å². The first-order valence-electron chi connectivity index (χ1n) is 7.44. The van der Waals surface area contributed by atoms with Crippen LogP contribution in [-0.4, -0.2) is 22.7 Å². The largest absolute Gasteiger partial charge is 0.482 e. The lowest BCUT2D eigenvalue weighted by molar-refractivity contribution is -0.148. The molecule has 0 aliphatic rings. The van der Waals surface area contributed by atoms with Crippen molar-refractivity contribution < 1.29 is 18.8 Å². The molecule has 0 saturated carbocycles. The summed E-state index contributed by atoms with van der Waals surface area (Å²) >= 11 is 0. The third kappa shape index (κ3) is 3.98. The van der Waals surface area contributed by atoms with Gasteiger partial charge >= 0.3 is 5.97 Å². The van der Waals surface area contributed by atoms with Crippen LogP contribution in [0.5, 0.6) is 5.75 Å². The molecule has 0 saturated heterocycles. The maximum atomic E-state index is 11.7. The molecule has 0 bridgehead atoms. The van der Waals surface area contributed by atoms with Gasteiger partial charge in [-0.2, -0.15) is 4.98 Å². The quantitative estimate of drug-likeness (QED) is 0.648. The molecule has 0 atom stereocenters. The molecular weight excluding hydrogens is 308 g/mol. The number of aromatic nitrogens is 2. The second-order valence-corrected chi connectivity index (χ2v) is 5.09. The summed E-state index contributed by atoms with van der Waals surface area (Å²) in [5.41, 5.74) is 1.79. The Balaban J connectivity index is 1.50. The Morgan fingerprint density at radius 3 is 2.62 bits per heavy atom. The summed E-state index contributed by atoms with van der Waals surface area (Å²) in [6.45, 7) is 1.64. The molecular formula is C18H16N2O4. The van der Waals surface area contributed by atoms with Crippen LogP contribution in [0.4, 0.5) is 0 Å². The van der Waals surface area contributed by atoms with Crippen LogP contribution in [0.2, 0.25) is 0 Å². The summed E-state index contributed by atoms with van der Waals surface area (Å²) < 4.78 is 15.6. The highest BCUT2D eigenvalue weighted by atomic mass is 16.6. The molecule has 6 nitrogen and oxygen atoms in total. The molecule has 0 radical (unpaired) electrons. The van der Waals surface area contributed by atoms with Crippen molar-refractivity contribution >= 4 is 5.97 Å². The average Bonchev–Trinajstić information content (AvgIpc) is 3.09. The fraction of sp³-hybridized carbons (Fsp3) is 0.167. The molecule has 24 heavy (non-hydrogen) atoms. The van der Waals surface area contributed by atoms with Gasteiger partial charge in [0.2, 0.25) is 5.82 Å². The minimum Gasteiger partial charge on any atom is -0.482 e. The first-order chi connectivity index (χ1) is 11.7. The molecule has 1 aromatic heterocycles. The molecule has 0 unspecified atom stereocenters. The van der Waals surface area contributed by atoms with Crippen LogP contribution in [0.1, 0.15) is 11.5 Å². The van der Waals surface area contributed by atoms with E-state index in [9.17, 15) is 4.79 Å². The summed E-state index contributed by atoms with van der Waals surface area (Å²) in [6.07, 6.45) is 0. The molecule has 0 amide bonds. The van der Waals surface area contributed by atoms with Gasteiger partial charge in [0.1, 0.15) is 5.75 Å². The Kier molecular flexibility index (Phi) is 4.86. The number of carbonyl (C=O) groups is 1. The molecule has 0 spiro atoms. The van der Waals surface area contributed by atoms with Crippen LogP contribution in [0.3, 0.4) is 0 Å². The van der Waals surface area contributed by atoms with Crippen LogP contribution in [0.15, 0.2) is 59.1 Å². The van der Waals surface area contributed by atoms with Crippen LogP contribution in [0.25, 0.3) is 11.4 Å². The first kappa shape index (κ1) is 15.7. The van der Waals surface area contributed by atoms with Crippen molar-refractivity contribution in [1.29, 1.82) is 0 Å². The molecule has 0 aliphatic heterocycles. The van der Waals surface area contributed by atoms with E-state index in [-0.39, 0.29) is 19.1 Å². The summed E-state index contributed by atoms with van der Waals surface area (Å²) in [5.74, 6) is 0.840. The lowest BCUT2D eigenvalue weighted by Crippen LogP contribution is -2.15. The smallest absolute Gasteiger partial charge is 0.344 e. The van der Waals surface area contributed by atoms with Gasteiger partial charge in [-0.3, -0.25) is 0 Å². The van der Waals surface area contributed by atoms with Crippen molar-refractivity contribution in [3.8, 4) is 17.1 Å². The van der Waals surface area contributed by atoms with E-state index in [1.807, 2.05) is 55.5 Å². The molecule has 0 fully saturated rings. The highest BCUT2D eigenvalue weighted by Gasteiger charge is 2.11. The predicted molar refractivity (Wildman–Crippen MR) is 86.2 cm³/mol. The summed E-state index contributed by atoms with van der Waals surface area (Å²) in [4.78, 5) is 15.9. The van der Waals surface area contributed by atoms with Crippen molar-refractivity contribution in [2.45, 2.75) is 13.5 Å². The molecule has 3 rings (SSSR count). The van der Waals surface area contributed by atoms with E-state index in [2.05, 4.69) is 10.1 Å². The lowest BCUT2D eigenvalue weighted by atomic mass is 10.2. The molecule has 3 aromatic rings. The Hall–Kier alpha value is -3.15. The third-order valence-corrected chi connectivity index (χ3v) is 3.30. The third-order valence-electron chi connectivity index (χ3n) is 3.30. The highest BCUT2D eigenvalue weighted by molar-refractivity contribution is 5.71. The second-order valence-electron chi connectivity index (χ2n) is 5.09. The van der Waals surface area contributed by atoms with Gasteiger partial charge in [-0.25, -0.2) is 4.79 Å². The summed E-state index contributed by atoms with van der Waals surface area (Å²) in [5, 5.41) is 3.86. The van der Waals surface area contributed by atoms with Crippen LogP contribution >= 0.6 is 0 Å². The monoisotopic (exact) mass is 324 g/mol. The fourth-order valence-electron chi connectivity index (χ4n) is 2.06. The van der Waals surface area contributed by atoms with Crippen LogP contribution in [-0.2, 0) is 16.1 Å². The molecule has 1 heterocycles. The summed E-state index contributed by atoms with van der Waals surface area (Å²) in [7, 11) is 0. The van der Waals surface area contributed by atoms with Crippen LogP contribution in [0, 0.1) is 6.92 Å². The van der Waals surface area contributed by atoms with Gasteiger partial charge in [0.25, 0.3) is 5.89 Å². The minimum atomic E-state index is -0.502. The topological polar surface area (TPSA) is 74.5 Å². The fourth-order valence-corrected chi connectivity index (χ4v) is 2.06. The molecule has 122 valence electrons. The lowest BCUT2D eigenvalue weighted by Gasteiger charge is -2.07. The Labute approximate surface area is 139 Å². The zero-order valence-electron chi connectivity index (χ0n) is 13.1. The molecule has 0 N–H and O–H groups in total. The minimum absolute atomic E-state index is 0.0875. The van der Waals surface area contributed by atoms with Gasteiger partial charge in [0, 0.05) is 5.56 Å². The Morgan fingerprint density at radius 1 is 1.08 bits per heavy atom. The first-order valence-corrected chi connectivity index (χ1v) is 7.44. The van der Waals surface area contributed by atoms with Crippen molar-refractivity contribution in [1.82, 2.24) is 10.1 Å². The number of nitrogens with zero attached hydrogens (tertiary/aromatic N) is 2. The second kappa shape index (κ2) is 7.41. The normalized spacial score (nSPS) is 10.4. The van der Waals surface area contributed by atoms with Gasteiger partial charge in [-0.05, 0) is 18.6 Å². The van der Waals surface area contributed by atoms with Gasteiger partial charge in [-0.15, -0.1) is 0 Å². The molecule has 6 heteroatoms. The number of para-hydroxylation sites is 1. The van der Waals surface area contributed by atoms with Gasteiger partial charge in [-0.1, -0.05) is 53.7 Å². The van der Waals surface area contributed by atoms with E-state index in [1.165, 1.54) is 0 Å². The SMILES string of the molecule is Cc1ccccc1OCC(=O)OCc1nc(-c2ccccc2)no1. The van der Waals surface area contributed by atoms with Crippen molar-refractivity contribution in [3.05, 3.63) is 66.1 Å². The number of hydrogen-bond acceptors (Lipinski definition) is 6. The number of ether oxygens (including phenoxy) is 2. The number of hydrogen-bond donors (Lipinski definition) is 0. The van der Waals surface area contributed by atoms with Gasteiger partial charge in [0.05, 0.1) is 0 Å². The number of esters is 1. The van der Waals surface area contributed by atoms with Crippen molar-refractivity contribution in [2.24, 2.45) is 0 Å². The molecule has 2 aromatic carbocycles. The van der Waals surface area contributed by atoms with Gasteiger partial charge < -0.3 is 14.0 Å². The number of aryl methyl sites for hydroxylation is 1. The Bertz CT molecular complexity index is 815. The van der Waals surface area contributed by atoms with Crippen molar-refractivity contribution in [2.75, 3.05) is 6.61 Å². The highest BCUT2D eigenvalue weighted by Crippen LogP contribution is 2.17. The van der Waals surface area contributed by atoms with Gasteiger partial charge in [0.15, 0.2) is 13.2 Å². The zero-order chi connectivity index (χ0) is 16.8. The average molecular weight is 324 g/mol. The summed E-state index contributed by atoms with van der Waals surface area (Å²) in [6, 6.07) is 16.9. The van der Waals surface area contributed by atoms with E-state index in [0.717, 1.165) is 11.1 Å². The van der Waals surface area contributed by atoms with E-state index in [4.69, 9.17) is 14.0 Å². The Morgan fingerprint density at radius 2 is 1.83 bits per heavy atom. The maximum Gasteiger partial charge on any atom is 0.344 e. The van der Waals surface area contributed by atoms with E-state index in [0.29, 0.717) is 11.6 Å². The van der Waals surface area contributed by atoms with E-state index in [1.54, 1.807) is 6.07 Å². The van der Waals surface area contributed by atoms with Crippen LogP contribution < -0.4 is 4.74 Å². The van der Waals surface area contributed by atoms with Crippen molar-refractivity contribution in [3.63, 3.8) is 0 Å². The van der Waals surface area contributed by atoms with E-state index < -0.39 is 5.97 Å². The molecule has 0 aliphatic carbocycles. The zero-order valence-corrected chi connectivity index (χ0v) is 13.1. The standard InChI is InChI=1S/C18H16N2O4/c1-13-7-5-6-10-15(13)22-12-17(21)23-11-16-19-18(20-24-16)14-8-3-2-4-9-14/h2-10H,11-12H2,1H3. The number of benzene rings is 2. The maximum absolute atomic E-state index is 11.7. The number of rotatable bonds is 6. The number of carbonyl (C=O) groups excluding carboxylic acids is 1.